The van der Waals surface area contributed by atoms with Crippen LogP contribution < -0.4 is 4.74 Å². The number of nitrogens with zero attached hydrogens (tertiary/aromatic N) is 2. The minimum atomic E-state index is 0.778. The van der Waals surface area contributed by atoms with E-state index in [-0.39, 0.29) is 0 Å². The van der Waals surface area contributed by atoms with E-state index < -0.39 is 0 Å². The lowest BCUT2D eigenvalue weighted by Gasteiger charge is -2.11. The zero-order chi connectivity index (χ0) is 17.3. The molecule has 24 heavy (non-hydrogen) atoms. The van der Waals surface area contributed by atoms with Crippen LogP contribution in [0.4, 0.5) is 0 Å². The Morgan fingerprint density at radius 1 is 1.04 bits per heavy atom. The summed E-state index contributed by atoms with van der Waals surface area (Å²) in [6.07, 6.45) is 3.93. The zero-order valence-corrected chi connectivity index (χ0v) is 17.5. The van der Waals surface area contributed by atoms with Crippen molar-refractivity contribution < 1.29 is 4.74 Å². The van der Waals surface area contributed by atoms with Crippen LogP contribution in [0.3, 0.4) is 0 Å². The molecule has 0 N–H and O–H groups in total. The average Bonchev–Trinajstić information content (AvgIpc) is 2.96. The molecule has 6 heteroatoms. The number of imidazole rings is 1. The molecular formula is C18H16Br2N2OS. The molecule has 1 aromatic heterocycles. The van der Waals surface area contributed by atoms with Crippen LogP contribution in [0.25, 0.3) is 22.5 Å². The van der Waals surface area contributed by atoms with Crippen molar-refractivity contribution in [2.45, 2.75) is 4.90 Å². The van der Waals surface area contributed by atoms with E-state index in [9.17, 15) is 0 Å². The van der Waals surface area contributed by atoms with Crippen molar-refractivity contribution in [3.8, 4) is 28.3 Å². The van der Waals surface area contributed by atoms with E-state index in [0.717, 1.165) is 37.2 Å². The van der Waals surface area contributed by atoms with Gasteiger partial charge in [-0.15, -0.1) is 11.8 Å². The maximum Gasteiger partial charge on any atom is 0.147 e. The van der Waals surface area contributed by atoms with Crippen LogP contribution in [0.15, 0.2) is 56.6 Å². The normalized spacial score (nSPS) is 10.9. The minimum Gasteiger partial charge on any atom is -0.494 e. The van der Waals surface area contributed by atoms with Gasteiger partial charge in [0.25, 0.3) is 0 Å². The minimum absolute atomic E-state index is 0.778. The first kappa shape index (κ1) is 17.6. The van der Waals surface area contributed by atoms with E-state index in [4.69, 9.17) is 4.74 Å². The maximum atomic E-state index is 5.39. The fourth-order valence-corrected chi connectivity index (χ4v) is 4.54. The second-order valence-corrected chi connectivity index (χ2v) is 7.84. The SMILES string of the molecule is COc1c(Br)cc(-c2ncn(C)c2-c2ccc(SC)cc2)cc1Br. The van der Waals surface area contributed by atoms with E-state index in [1.165, 1.54) is 4.90 Å². The van der Waals surface area contributed by atoms with Gasteiger partial charge in [-0.1, -0.05) is 12.1 Å². The summed E-state index contributed by atoms with van der Waals surface area (Å²) >= 11 is 8.88. The van der Waals surface area contributed by atoms with Crippen LogP contribution in [0.2, 0.25) is 0 Å². The van der Waals surface area contributed by atoms with Gasteiger partial charge in [0.2, 0.25) is 0 Å². The van der Waals surface area contributed by atoms with Crippen LogP contribution in [0.1, 0.15) is 0 Å². The Morgan fingerprint density at radius 3 is 2.21 bits per heavy atom. The maximum absolute atomic E-state index is 5.39. The lowest BCUT2D eigenvalue weighted by atomic mass is 10.0. The third-order valence-electron chi connectivity index (χ3n) is 3.78. The van der Waals surface area contributed by atoms with Crippen LogP contribution in [-0.4, -0.2) is 22.9 Å². The Kier molecular flexibility index (Phi) is 5.37. The van der Waals surface area contributed by atoms with Gasteiger partial charge in [-0.25, -0.2) is 4.98 Å². The molecule has 3 rings (SSSR count). The fraction of sp³-hybridized carbons (Fsp3) is 0.167. The van der Waals surface area contributed by atoms with E-state index in [0.29, 0.717) is 0 Å². The molecule has 0 aliphatic rings. The molecule has 1 heterocycles. The number of hydrogen-bond donors (Lipinski definition) is 0. The van der Waals surface area contributed by atoms with Crippen molar-refractivity contribution in [2.75, 3.05) is 13.4 Å². The van der Waals surface area contributed by atoms with Crippen LogP contribution >= 0.6 is 43.6 Å². The molecule has 124 valence electrons. The molecule has 0 aliphatic heterocycles. The van der Waals surface area contributed by atoms with Gasteiger partial charge in [0.15, 0.2) is 0 Å². The molecular weight excluding hydrogens is 452 g/mol. The van der Waals surface area contributed by atoms with Crippen molar-refractivity contribution >= 4 is 43.6 Å². The number of benzene rings is 2. The van der Waals surface area contributed by atoms with E-state index in [1.807, 2.05) is 25.5 Å². The van der Waals surface area contributed by atoms with E-state index in [2.05, 4.69) is 71.9 Å². The van der Waals surface area contributed by atoms with Crippen molar-refractivity contribution in [3.05, 3.63) is 51.7 Å². The van der Waals surface area contributed by atoms with Gasteiger partial charge >= 0.3 is 0 Å². The van der Waals surface area contributed by atoms with Crippen molar-refractivity contribution in [1.82, 2.24) is 9.55 Å². The standard InChI is InChI=1S/C18H16Br2N2OS/c1-22-10-21-16(12-8-14(19)18(23-2)15(20)9-12)17(22)11-4-6-13(24-3)7-5-11/h4-10H,1-3H3. The Balaban J connectivity index is 2.13. The van der Waals surface area contributed by atoms with E-state index in [1.54, 1.807) is 18.9 Å². The zero-order valence-electron chi connectivity index (χ0n) is 13.5. The number of aryl methyl sites for hydroxylation is 1. The van der Waals surface area contributed by atoms with Crippen molar-refractivity contribution in [3.63, 3.8) is 0 Å². The molecule has 2 aromatic carbocycles. The van der Waals surface area contributed by atoms with Crippen molar-refractivity contribution in [2.24, 2.45) is 7.05 Å². The molecule has 0 unspecified atom stereocenters. The molecule has 0 aliphatic carbocycles. The summed E-state index contributed by atoms with van der Waals surface area (Å²) in [5, 5.41) is 0. The summed E-state index contributed by atoms with van der Waals surface area (Å²) in [5.41, 5.74) is 4.20. The molecule has 0 atom stereocenters. The first-order valence-electron chi connectivity index (χ1n) is 7.24. The Labute approximate surface area is 162 Å². The second kappa shape index (κ2) is 7.33. The summed E-state index contributed by atoms with van der Waals surface area (Å²) in [6, 6.07) is 12.6. The van der Waals surface area contributed by atoms with Crippen LogP contribution in [0.5, 0.6) is 5.75 Å². The fourth-order valence-electron chi connectivity index (χ4n) is 2.62. The molecule has 0 fully saturated rings. The summed E-state index contributed by atoms with van der Waals surface area (Å²) in [7, 11) is 3.67. The van der Waals surface area contributed by atoms with Crippen LogP contribution in [-0.2, 0) is 7.05 Å². The molecule has 0 saturated heterocycles. The van der Waals surface area contributed by atoms with E-state index >= 15 is 0 Å². The summed E-state index contributed by atoms with van der Waals surface area (Å²) < 4.78 is 9.23. The smallest absolute Gasteiger partial charge is 0.147 e. The predicted octanol–water partition coefficient (Wildman–Crippen LogP) is 6.01. The highest BCUT2D eigenvalue weighted by molar-refractivity contribution is 9.11. The number of aromatic nitrogens is 2. The number of methoxy groups -OCH3 is 1. The summed E-state index contributed by atoms with van der Waals surface area (Å²) in [4.78, 5) is 5.87. The van der Waals surface area contributed by atoms with Gasteiger partial charge in [-0.2, -0.15) is 0 Å². The first-order valence-corrected chi connectivity index (χ1v) is 10.1. The quantitative estimate of drug-likeness (QED) is 0.439. The first-order chi connectivity index (χ1) is 11.5. The predicted molar refractivity (Wildman–Crippen MR) is 108 cm³/mol. The third-order valence-corrected chi connectivity index (χ3v) is 5.70. The molecule has 0 radical (unpaired) electrons. The Hall–Kier alpha value is -1.24. The summed E-state index contributed by atoms with van der Waals surface area (Å²) in [6.45, 7) is 0. The second-order valence-electron chi connectivity index (χ2n) is 5.25. The Morgan fingerprint density at radius 2 is 1.67 bits per heavy atom. The number of ether oxygens (including phenoxy) is 1. The average molecular weight is 468 g/mol. The molecule has 3 nitrogen and oxygen atoms in total. The highest BCUT2D eigenvalue weighted by Gasteiger charge is 2.16. The van der Waals surface area contributed by atoms with Gasteiger partial charge in [0.05, 0.1) is 33.8 Å². The Bertz CT molecular complexity index is 852. The van der Waals surface area contributed by atoms with Gasteiger partial charge < -0.3 is 9.30 Å². The topological polar surface area (TPSA) is 27.1 Å². The monoisotopic (exact) mass is 466 g/mol. The lowest BCUT2D eigenvalue weighted by molar-refractivity contribution is 0.409. The van der Waals surface area contributed by atoms with Gasteiger partial charge in [0, 0.05) is 23.1 Å². The van der Waals surface area contributed by atoms with Gasteiger partial charge in [-0.05, 0) is 62.4 Å². The molecule has 0 saturated carbocycles. The molecule has 0 amide bonds. The van der Waals surface area contributed by atoms with Crippen LogP contribution in [0, 0.1) is 0 Å². The molecule has 0 spiro atoms. The summed E-state index contributed by atoms with van der Waals surface area (Å²) in [5.74, 6) is 0.778. The highest BCUT2D eigenvalue weighted by atomic mass is 79.9. The van der Waals surface area contributed by atoms with Gasteiger partial charge in [0.1, 0.15) is 5.75 Å². The number of hydrogen-bond acceptors (Lipinski definition) is 3. The highest BCUT2D eigenvalue weighted by Crippen LogP contribution is 2.40. The number of halogens is 2. The number of rotatable bonds is 4. The van der Waals surface area contributed by atoms with Crippen molar-refractivity contribution in [1.29, 1.82) is 0 Å². The molecule has 0 bridgehead atoms. The molecule has 3 aromatic rings. The number of thioether (sulfide) groups is 1. The largest absolute Gasteiger partial charge is 0.494 e. The lowest BCUT2D eigenvalue weighted by Crippen LogP contribution is -1.93. The third kappa shape index (κ3) is 3.27. The van der Waals surface area contributed by atoms with Gasteiger partial charge in [-0.3, -0.25) is 0 Å².